The summed E-state index contributed by atoms with van der Waals surface area (Å²) >= 11 is 6.27. The lowest BCUT2D eigenvalue weighted by atomic mass is 10.1. The number of fused-ring (bicyclic) bond motifs is 1. The van der Waals surface area contributed by atoms with Gasteiger partial charge in [0.15, 0.2) is 0 Å². The first kappa shape index (κ1) is 14.4. The maximum atomic E-state index is 11.4. The van der Waals surface area contributed by atoms with Gasteiger partial charge in [-0.1, -0.05) is 24.2 Å². The number of hydrogen-bond acceptors (Lipinski definition) is 4. The van der Waals surface area contributed by atoms with E-state index in [4.69, 9.17) is 11.6 Å². The molecule has 112 valence electrons. The number of aromatic nitrogens is 1. The van der Waals surface area contributed by atoms with Crippen LogP contribution in [0.25, 0.3) is 0 Å². The van der Waals surface area contributed by atoms with Crippen LogP contribution in [0.5, 0.6) is 0 Å². The normalized spacial score (nSPS) is 12.2. The molecule has 22 heavy (non-hydrogen) atoms. The van der Waals surface area contributed by atoms with Gasteiger partial charge in [0.25, 0.3) is 0 Å². The van der Waals surface area contributed by atoms with Crippen LogP contribution in [-0.4, -0.2) is 17.4 Å². The van der Waals surface area contributed by atoms with Crippen molar-refractivity contribution in [2.24, 2.45) is 0 Å². The molecule has 3 rings (SSSR count). The Labute approximate surface area is 133 Å². The van der Waals surface area contributed by atoms with Gasteiger partial charge in [0.1, 0.15) is 5.82 Å². The van der Waals surface area contributed by atoms with Gasteiger partial charge < -0.3 is 16.0 Å². The second-order valence-electron chi connectivity index (χ2n) is 4.88. The summed E-state index contributed by atoms with van der Waals surface area (Å²) in [6.07, 6.45) is 3.74. The Morgan fingerprint density at radius 3 is 3.05 bits per heavy atom. The third-order valence-electron chi connectivity index (χ3n) is 3.39. The van der Waals surface area contributed by atoms with Gasteiger partial charge in [-0.15, -0.1) is 0 Å². The van der Waals surface area contributed by atoms with E-state index in [1.807, 2.05) is 24.3 Å². The summed E-state index contributed by atoms with van der Waals surface area (Å²) in [6, 6.07) is 7.42. The van der Waals surface area contributed by atoms with E-state index in [1.165, 1.54) is 6.08 Å². The van der Waals surface area contributed by atoms with Gasteiger partial charge in [-0.25, -0.2) is 4.98 Å². The van der Waals surface area contributed by atoms with E-state index in [0.29, 0.717) is 10.7 Å². The molecule has 2 heterocycles. The number of carbonyl (C=O) groups excluding carboxylic acids is 1. The van der Waals surface area contributed by atoms with E-state index in [1.54, 1.807) is 6.20 Å². The average molecular weight is 315 g/mol. The van der Waals surface area contributed by atoms with Crippen molar-refractivity contribution in [2.75, 3.05) is 22.5 Å². The van der Waals surface area contributed by atoms with Crippen molar-refractivity contribution in [1.82, 2.24) is 4.98 Å². The minimum Gasteiger partial charge on any atom is -0.369 e. The molecule has 3 N–H and O–H groups in total. The van der Waals surface area contributed by atoms with Crippen molar-refractivity contribution in [3.8, 4) is 0 Å². The van der Waals surface area contributed by atoms with Gasteiger partial charge in [0, 0.05) is 23.5 Å². The average Bonchev–Trinajstić information content (AvgIpc) is 2.99. The minimum absolute atomic E-state index is 0.246. The molecule has 0 saturated carbocycles. The van der Waals surface area contributed by atoms with E-state index < -0.39 is 0 Å². The Morgan fingerprint density at radius 1 is 1.41 bits per heavy atom. The predicted molar refractivity (Wildman–Crippen MR) is 90.0 cm³/mol. The molecule has 5 nitrogen and oxygen atoms in total. The van der Waals surface area contributed by atoms with Crippen LogP contribution in [0.4, 0.5) is 22.9 Å². The molecule has 0 atom stereocenters. The molecule has 0 unspecified atom stereocenters. The molecule has 1 aliphatic rings. The Balaban J connectivity index is 1.88. The molecule has 0 radical (unpaired) electrons. The summed E-state index contributed by atoms with van der Waals surface area (Å²) < 4.78 is 0. The molecular weight excluding hydrogens is 300 g/mol. The highest BCUT2D eigenvalue weighted by Gasteiger charge is 2.18. The maximum Gasteiger partial charge on any atom is 0.247 e. The van der Waals surface area contributed by atoms with Crippen LogP contribution >= 0.6 is 11.6 Å². The summed E-state index contributed by atoms with van der Waals surface area (Å²) in [5.74, 6) is 0.618. The molecule has 6 heteroatoms. The number of hydrogen-bond donors (Lipinski definition) is 3. The van der Waals surface area contributed by atoms with Crippen molar-refractivity contribution in [3.63, 3.8) is 0 Å². The first-order valence-electron chi connectivity index (χ1n) is 6.89. The van der Waals surface area contributed by atoms with Crippen molar-refractivity contribution < 1.29 is 4.79 Å². The topological polar surface area (TPSA) is 66.0 Å². The Bertz CT molecular complexity index is 745. The number of carbonyl (C=O) groups is 1. The van der Waals surface area contributed by atoms with Crippen molar-refractivity contribution in [2.45, 2.75) is 6.42 Å². The Hall–Kier alpha value is -2.53. The van der Waals surface area contributed by atoms with Crippen LogP contribution < -0.4 is 16.0 Å². The van der Waals surface area contributed by atoms with Gasteiger partial charge in [-0.3, -0.25) is 4.79 Å². The summed E-state index contributed by atoms with van der Waals surface area (Å²) in [6.45, 7) is 4.29. The van der Waals surface area contributed by atoms with E-state index in [9.17, 15) is 4.79 Å². The fourth-order valence-corrected chi connectivity index (χ4v) is 2.59. The SMILES string of the molecule is C=CC(=O)Nc1cccc(Nc2c(Cl)cnc3c2CCN3)c1. The van der Waals surface area contributed by atoms with Crippen LogP contribution in [0.1, 0.15) is 5.56 Å². The number of rotatable bonds is 4. The van der Waals surface area contributed by atoms with Gasteiger partial charge >= 0.3 is 0 Å². The van der Waals surface area contributed by atoms with Crippen molar-refractivity contribution in [1.29, 1.82) is 0 Å². The van der Waals surface area contributed by atoms with Crippen LogP contribution in [-0.2, 0) is 11.2 Å². The highest BCUT2D eigenvalue weighted by atomic mass is 35.5. The number of nitrogens with zero attached hydrogens (tertiary/aromatic N) is 1. The zero-order valence-corrected chi connectivity index (χ0v) is 12.6. The monoisotopic (exact) mass is 314 g/mol. The standard InChI is InChI=1S/C16H15ClN4O/c1-2-14(22)20-10-4-3-5-11(8-10)21-15-12-6-7-18-16(12)19-9-13(15)17/h2-5,8-9H,1,6-7H2,(H,20,22)(H2,18,19,21). The highest BCUT2D eigenvalue weighted by Crippen LogP contribution is 2.35. The van der Waals surface area contributed by atoms with E-state index in [-0.39, 0.29) is 5.91 Å². The largest absolute Gasteiger partial charge is 0.369 e. The number of nitrogens with one attached hydrogen (secondary N) is 3. The fraction of sp³-hybridized carbons (Fsp3) is 0.125. The van der Waals surface area contributed by atoms with Crippen LogP contribution in [0.3, 0.4) is 0 Å². The second kappa shape index (κ2) is 6.07. The first-order chi connectivity index (χ1) is 10.7. The summed E-state index contributed by atoms with van der Waals surface area (Å²) in [4.78, 5) is 15.6. The lowest BCUT2D eigenvalue weighted by molar-refractivity contribution is -0.111. The Kier molecular flexibility index (Phi) is 3.98. The molecule has 0 saturated heterocycles. The smallest absolute Gasteiger partial charge is 0.247 e. The van der Waals surface area contributed by atoms with E-state index in [0.717, 1.165) is 35.7 Å². The molecule has 1 aliphatic heterocycles. The third kappa shape index (κ3) is 2.89. The molecule has 2 aromatic rings. The fourth-order valence-electron chi connectivity index (χ4n) is 2.38. The molecule has 0 fully saturated rings. The van der Waals surface area contributed by atoms with Crippen molar-refractivity contribution >= 4 is 40.4 Å². The van der Waals surface area contributed by atoms with Gasteiger partial charge in [-0.2, -0.15) is 0 Å². The van der Waals surface area contributed by atoms with E-state index in [2.05, 4.69) is 27.5 Å². The Morgan fingerprint density at radius 2 is 2.23 bits per heavy atom. The lowest BCUT2D eigenvalue weighted by Crippen LogP contribution is -2.07. The zero-order valence-electron chi connectivity index (χ0n) is 11.8. The summed E-state index contributed by atoms with van der Waals surface area (Å²) in [5, 5.41) is 9.84. The molecule has 0 spiro atoms. The van der Waals surface area contributed by atoms with Gasteiger partial charge in [-0.05, 0) is 30.7 Å². The van der Waals surface area contributed by atoms with Crippen LogP contribution in [0.2, 0.25) is 5.02 Å². The number of pyridine rings is 1. The minimum atomic E-state index is -0.246. The number of anilines is 4. The molecule has 1 aromatic carbocycles. The molecule has 1 aromatic heterocycles. The van der Waals surface area contributed by atoms with Crippen molar-refractivity contribution in [3.05, 3.63) is 53.7 Å². The second-order valence-corrected chi connectivity index (χ2v) is 5.29. The number of benzene rings is 1. The van der Waals surface area contributed by atoms with Crippen LogP contribution in [0.15, 0.2) is 43.1 Å². The number of halogens is 1. The zero-order chi connectivity index (χ0) is 15.5. The summed E-state index contributed by atoms with van der Waals surface area (Å²) in [7, 11) is 0. The molecule has 0 bridgehead atoms. The molecular formula is C16H15ClN4O. The molecule has 0 aliphatic carbocycles. The quantitative estimate of drug-likeness (QED) is 0.755. The predicted octanol–water partition coefficient (Wildman–Crippen LogP) is 3.57. The third-order valence-corrected chi connectivity index (χ3v) is 3.67. The maximum absolute atomic E-state index is 11.4. The van der Waals surface area contributed by atoms with E-state index >= 15 is 0 Å². The first-order valence-corrected chi connectivity index (χ1v) is 7.27. The lowest BCUT2D eigenvalue weighted by Gasteiger charge is -2.13. The summed E-state index contributed by atoms with van der Waals surface area (Å²) in [5.41, 5.74) is 3.45. The number of amides is 1. The van der Waals surface area contributed by atoms with Gasteiger partial charge in [0.05, 0.1) is 16.9 Å². The van der Waals surface area contributed by atoms with Gasteiger partial charge in [0.2, 0.25) is 5.91 Å². The molecule has 1 amide bonds. The highest BCUT2D eigenvalue weighted by molar-refractivity contribution is 6.33. The van der Waals surface area contributed by atoms with Crippen LogP contribution in [0, 0.1) is 0 Å².